The third-order valence-electron chi connectivity index (χ3n) is 4.22. The van der Waals surface area contributed by atoms with Crippen LogP contribution in [0.2, 0.25) is 5.02 Å². The number of alkyl halides is 3. The van der Waals surface area contributed by atoms with E-state index in [0.29, 0.717) is 5.69 Å². The van der Waals surface area contributed by atoms with E-state index >= 15 is 0 Å². The highest BCUT2D eigenvalue weighted by molar-refractivity contribution is 6.33. The Hall–Kier alpha value is -2.61. The van der Waals surface area contributed by atoms with Crippen molar-refractivity contribution < 1.29 is 22.8 Å². The molecule has 1 aliphatic heterocycles. The Bertz CT molecular complexity index is 859. The van der Waals surface area contributed by atoms with Crippen LogP contribution in [0.4, 0.5) is 18.9 Å². The maximum Gasteiger partial charge on any atom is 0.416 e. The molecule has 1 aromatic carbocycles. The van der Waals surface area contributed by atoms with Gasteiger partial charge >= 0.3 is 6.18 Å². The number of carbonyl (C=O) groups excluding carboxylic acids is 2. The lowest BCUT2D eigenvalue weighted by molar-refractivity contribution is -0.137. The predicted molar refractivity (Wildman–Crippen MR) is 92.8 cm³/mol. The van der Waals surface area contributed by atoms with E-state index in [-0.39, 0.29) is 36.1 Å². The van der Waals surface area contributed by atoms with Gasteiger partial charge < -0.3 is 10.2 Å². The summed E-state index contributed by atoms with van der Waals surface area (Å²) in [7, 11) is 0. The van der Waals surface area contributed by atoms with E-state index in [0.717, 1.165) is 18.2 Å². The molecule has 0 saturated carbocycles. The van der Waals surface area contributed by atoms with Gasteiger partial charge in [0.1, 0.15) is 0 Å². The van der Waals surface area contributed by atoms with Crippen LogP contribution in [-0.2, 0) is 22.3 Å². The average Bonchev–Trinajstić information content (AvgIpc) is 2.97. The lowest BCUT2D eigenvalue weighted by Crippen LogP contribution is -2.28. The van der Waals surface area contributed by atoms with Gasteiger partial charge in [0, 0.05) is 19.2 Å². The van der Waals surface area contributed by atoms with Crippen molar-refractivity contribution in [3.8, 4) is 0 Å². The number of likely N-dealkylation sites (tertiary alicyclic amines) is 1. The molecule has 1 atom stereocenters. The van der Waals surface area contributed by atoms with Crippen LogP contribution in [0.3, 0.4) is 0 Å². The summed E-state index contributed by atoms with van der Waals surface area (Å²) in [5.74, 6) is -1.43. The van der Waals surface area contributed by atoms with Gasteiger partial charge in [0.2, 0.25) is 11.8 Å². The zero-order valence-corrected chi connectivity index (χ0v) is 14.7. The largest absolute Gasteiger partial charge is 0.416 e. The fourth-order valence-electron chi connectivity index (χ4n) is 2.82. The van der Waals surface area contributed by atoms with Gasteiger partial charge in [-0.15, -0.1) is 0 Å². The van der Waals surface area contributed by atoms with Crippen molar-refractivity contribution >= 4 is 29.1 Å². The van der Waals surface area contributed by atoms with Crippen LogP contribution in [0.15, 0.2) is 42.6 Å². The first-order chi connectivity index (χ1) is 12.7. The van der Waals surface area contributed by atoms with Crippen molar-refractivity contribution in [2.75, 3.05) is 11.9 Å². The number of nitrogens with zero attached hydrogens (tertiary/aromatic N) is 2. The van der Waals surface area contributed by atoms with E-state index in [1.165, 1.54) is 4.90 Å². The van der Waals surface area contributed by atoms with Crippen LogP contribution in [-0.4, -0.2) is 28.2 Å². The van der Waals surface area contributed by atoms with Crippen LogP contribution < -0.4 is 5.32 Å². The molecule has 2 heterocycles. The van der Waals surface area contributed by atoms with E-state index in [1.807, 2.05) is 0 Å². The number of carbonyl (C=O) groups is 2. The number of hydrogen-bond acceptors (Lipinski definition) is 3. The third-order valence-corrected chi connectivity index (χ3v) is 4.55. The van der Waals surface area contributed by atoms with Crippen molar-refractivity contribution in [1.82, 2.24) is 9.88 Å². The molecule has 1 saturated heterocycles. The Morgan fingerprint density at radius 2 is 2.07 bits per heavy atom. The molecule has 5 nitrogen and oxygen atoms in total. The highest BCUT2D eigenvalue weighted by atomic mass is 35.5. The Labute approximate surface area is 158 Å². The number of anilines is 1. The molecule has 0 bridgehead atoms. The molecule has 1 unspecified atom stereocenters. The summed E-state index contributed by atoms with van der Waals surface area (Å²) in [4.78, 5) is 30.2. The number of amides is 2. The zero-order chi connectivity index (χ0) is 19.6. The van der Waals surface area contributed by atoms with E-state index in [4.69, 9.17) is 11.6 Å². The topological polar surface area (TPSA) is 62.3 Å². The molecule has 9 heteroatoms. The highest BCUT2D eigenvalue weighted by Crippen LogP contribution is 2.34. The first-order valence-corrected chi connectivity index (χ1v) is 8.47. The van der Waals surface area contributed by atoms with Gasteiger partial charge in [-0.05, 0) is 30.3 Å². The van der Waals surface area contributed by atoms with Gasteiger partial charge in [0.15, 0.2) is 0 Å². The van der Waals surface area contributed by atoms with Gasteiger partial charge in [0.05, 0.1) is 34.4 Å². The van der Waals surface area contributed by atoms with Gasteiger partial charge in [-0.25, -0.2) is 0 Å². The summed E-state index contributed by atoms with van der Waals surface area (Å²) >= 11 is 5.89. The molecule has 1 aliphatic rings. The van der Waals surface area contributed by atoms with E-state index in [2.05, 4.69) is 10.3 Å². The summed E-state index contributed by atoms with van der Waals surface area (Å²) < 4.78 is 38.5. The number of rotatable bonds is 4. The molecule has 0 aliphatic carbocycles. The molecule has 142 valence electrons. The fourth-order valence-corrected chi connectivity index (χ4v) is 2.98. The maximum absolute atomic E-state index is 12.8. The first-order valence-electron chi connectivity index (χ1n) is 8.09. The van der Waals surface area contributed by atoms with E-state index < -0.39 is 23.6 Å². The number of hydrogen-bond donors (Lipinski definition) is 1. The molecule has 1 N–H and O–H groups in total. The van der Waals surface area contributed by atoms with Crippen LogP contribution >= 0.6 is 11.6 Å². The van der Waals surface area contributed by atoms with E-state index in [1.54, 1.807) is 24.4 Å². The van der Waals surface area contributed by atoms with Crippen molar-refractivity contribution in [2.45, 2.75) is 19.1 Å². The van der Waals surface area contributed by atoms with Gasteiger partial charge in [-0.2, -0.15) is 13.2 Å². The quantitative estimate of drug-likeness (QED) is 0.854. The second-order valence-corrected chi connectivity index (χ2v) is 6.59. The summed E-state index contributed by atoms with van der Waals surface area (Å²) in [6.45, 7) is 0.436. The Morgan fingerprint density at radius 3 is 2.74 bits per heavy atom. The lowest BCUT2D eigenvalue weighted by atomic mass is 10.1. The molecule has 2 aromatic rings. The number of benzene rings is 1. The minimum atomic E-state index is -4.55. The standard InChI is InChI=1S/C18H15ClF3N3O2/c19-14-5-4-12(18(20,21)22)8-15(14)24-17(27)11-7-16(26)25(9-11)10-13-3-1-2-6-23-13/h1-6,8,11H,7,9-10H2,(H,24,27). The maximum atomic E-state index is 12.8. The minimum absolute atomic E-state index is 0.00832. The van der Waals surface area contributed by atoms with Crippen LogP contribution in [0.1, 0.15) is 17.7 Å². The van der Waals surface area contributed by atoms with Gasteiger partial charge in [0.25, 0.3) is 0 Å². The second-order valence-electron chi connectivity index (χ2n) is 6.18. The fraction of sp³-hybridized carbons (Fsp3) is 0.278. The zero-order valence-electron chi connectivity index (χ0n) is 14.0. The lowest BCUT2D eigenvalue weighted by Gasteiger charge is -2.16. The molecule has 27 heavy (non-hydrogen) atoms. The summed E-state index contributed by atoms with van der Waals surface area (Å²) in [6.07, 6.45) is -2.96. The number of nitrogens with one attached hydrogen (secondary N) is 1. The SMILES string of the molecule is O=C(Nc1cc(C(F)(F)F)ccc1Cl)C1CC(=O)N(Cc2ccccn2)C1. The molecule has 0 radical (unpaired) electrons. The monoisotopic (exact) mass is 397 g/mol. The number of halogens is 4. The number of aromatic nitrogens is 1. The molecule has 2 amide bonds. The van der Waals surface area contributed by atoms with E-state index in [9.17, 15) is 22.8 Å². The molecule has 0 spiro atoms. The van der Waals surface area contributed by atoms with Crippen molar-refractivity contribution in [1.29, 1.82) is 0 Å². The average molecular weight is 398 g/mol. The van der Waals surface area contributed by atoms with Crippen molar-refractivity contribution in [3.63, 3.8) is 0 Å². The highest BCUT2D eigenvalue weighted by Gasteiger charge is 2.35. The Morgan fingerprint density at radius 1 is 1.30 bits per heavy atom. The third kappa shape index (κ3) is 4.57. The first kappa shape index (κ1) is 19.2. The summed E-state index contributed by atoms with van der Waals surface area (Å²) in [5.41, 5.74) is -0.360. The van der Waals surface area contributed by atoms with Gasteiger partial charge in [-0.1, -0.05) is 17.7 Å². The van der Waals surface area contributed by atoms with Crippen molar-refractivity contribution in [3.05, 3.63) is 58.9 Å². The van der Waals surface area contributed by atoms with Crippen LogP contribution in [0.25, 0.3) is 0 Å². The second kappa shape index (κ2) is 7.56. The Kier molecular flexibility index (Phi) is 5.36. The van der Waals surface area contributed by atoms with Crippen LogP contribution in [0, 0.1) is 5.92 Å². The molecular weight excluding hydrogens is 383 g/mol. The molecule has 1 fully saturated rings. The summed E-state index contributed by atoms with van der Waals surface area (Å²) in [6, 6.07) is 8.01. The van der Waals surface area contributed by atoms with Crippen molar-refractivity contribution in [2.24, 2.45) is 5.92 Å². The minimum Gasteiger partial charge on any atom is -0.336 e. The summed E-state index contributed by atoms with van der Waals surface area (Å²) in [5, 5.41) is 2.40. The molecular formula is C18H15ClF3N3O2. The predicted octanol–water partition coefficient (Wildman–Crippen LogP) is 3.74. The van der Waals surface area contributed by atoms with Gasteiger partial charge in [-0.3, -0.25) is 14.6 Å². The molecule has 3 rings (SSSR count). The smallest absolute Gasteiger partial charge is 0.336 e. The van der Waals surface area contributed by atoms with Crippen LogP contribution in [0.5, 0.6) is 0 Å². The Balaban J connectivity index is 1.68. The number of pyridine rings is 1. The normalized spacial score (nSPS) is 17.3. The molecule has 1 aromatic heterocycles.